The number of rotatable bonds is 14. The maximum absolute atomic E-state index is 12.1. The van der Waals surface area contributed by atoms with Gasteiger partial charge in [-0.05, 0) is 51.3 Å². The van der Waals surface area contributed by atoms with E-state index >= 15 is 0 Å². The van der Waals surface area contributed by atoms with E-state index in [-0.39, 0.29) is 18.9 Å². The monoisotopic (exact) mass is 437 g/mol. The molecule has 0 aliphatic heterocycles. The number of hydrogen-bond acceptors (Lipinski definition) is 6. The fourth-order valence-electron chi connectivity index (χ4n) is 2.76. The highest BCUT2D eigenvalue weighted by Crippen LogP contribution is 2.13. The smallest absolute Gasteiger partial charge is 0.323 e. The van der Waals surface area contributed by atoms with Crippen LogP contribution in [0.2, 0.25) is 0 Å². The van der Waals surface area contributed by atoms with Gasteiger partial charge in [-0.2, -0.15) is 0 Å². The van der Waals surface area contributed by atoms with Crippen LogP contribution in [0.15, 0.2) is 24.3 Å². The molecule has 1 aromatic carbocycles. The Morgan fingerprint density at radius 1 is 1.03 bits per heavy atom. The third-order valence-electron chi connectivity index (χ3n) is 4.43. The van der Waals surface area contributed by atoms with Crippen molar-refractivity contribution < 1.29 is 29.4 Å². The van der Waals surface area contributed by atoms with Gasteiger partial charge in [0, 0.05) is 25.1 Å². The van der Waals surface area contributed by atoms with E-state index in [1.165, 1.54) is 0 Å². The van der Waals surface area contributed by atoms with Crippen LogP contribution in [0.4, 0.5) is 5.69 Å². The molecule has 0 bridgehead atoms. The minimum Gasteiger partial charge on any atom is -0.480 e. The largest absolute Gasteiger partial charge is 0.480 e. The topological polar surface area (TPSA) is 137 Å². The van der Waals surface area contributed by atoms with E-state index in [9.17, 15) is 19.5 Å². The maximum atomic E-state index is 12.1. The Hall–Kier alpha value is -2.49. The van der Waals surface area contributed by atoms with Gasteiger partial charge in [-0.25, -0.2) is 5.48 Å². The highest BCUT2D eigenvalue weighted by atomic mass is 16.5. The molecule has 0 aromatic heterocycles. The Kier molecular flexibility index (Phi) is 11.8. The number of carbonyl (C=O) groups is 3. The molecule has 5 N–H and O–H groups in total. The molecule has 0 aliphatic carbocycles. The van der Waals surface area contributed by atoms with Crippen LogP contribution in [-0.4, -0.2) is 46.3 Å². The first-order valence-electron chi connectivity index (χ1n) is 10.5. The highest BCUT2D eigenvalue weighted by molar-refractivity contribution is 5.90. The van der Waals surface area contributed by atoms with Crippen LogP contribution in [-0.2, 0) is 25.7 Å². The van der Waals surface area contributed by atoms with Gasteiger partial charge >= 0.3 is 5.97 Å². The second-order valence-electron chi connectivity index (χ2n) is 8.39. The van der Waals surface area contributed by atoms with Crippen molar-refractivity contribution in [2.24, 2.45) is 0 Å². The summed E-state index contributed by atoms with van der Waals surface area (Å²) in [6.45, 7) is 5.99. The van der Waals surface area contributed by atoms with Gasteiger partial charge in [0.15, 0.2) is 0 Å². The quantitative estimate of drug-likeness (QED) is 0.171. The number of carbonyl (C=O) groups excluding carboxylic acids is 2. The van der Waals surface area contributed by atoms with Crippen molar-refractivity contribution in [2.75, 3.05) is 11.9 Å². The van der Waals surface area contributed by atoms with E-state index < -0.39 is 23.5 Å². The summed E-state index contributed by atoms with van der Waals surface area (Å²) in [5.74, 6) is -1.48. The first-order chi connectivity index (χ1) is 14.6. The van der Waals surface area contributed by atoms with Crippen molar-refractivity contribution in [1.82, 2.24) is 10.8 Å². The lowest BCUT2D eigenvalue weighted by molar-refractivity contribution is -0.142. The molecule has 0 radical (unpaired) electrons. The van der Waals surface area contributed by atoms with Crippen LogP contribution in [0, 0.1) is 0 Å². The van der Waals surface area contributed by atoms with Crippen molar-refractivity contribution >= 4 is 23.5 Å². The molecule has 0 saturated carbocycles. The third-order valence-corrected chi connectivity index (χ3v) is 4.43. The van der Waals surface area contributed by atoms with Crippen molar-refractivity contribution in [3.8, 4) is 0 Å². The summed E-state index contributed by atoms with van der Waals surface area (Å²) in [4.78, 5) is 34.5. The fraction of sp³-hybridized carbons (Fsp3) is 0.591. The highest BCUT2D eigenvalue weighted by Gasteiger charge is 2.20. The summed E-state index contributed by atoms with van der Waals surface area (Å²) in [5, 5.41) is 23.6. The number of carboxylic acids is 1. The molecule has 174 valence electrons. The second kappa shape index (κ2) is 13.7. The van der Waals surface area contributed by atoms with Crippen LogP contribution in [0.5, 0.6) is 0 Å². The lowest BCUT2D eigenvalue weighted by Crippen LogP contribution is -2.42. The molecular formula is C22H35N3O6. The molecule has 0 spiro atoms. The van der Waals surface area contributed by atoms with E-state index in [0.29, 0.717) is 31.5 Å². The van der Waals surface area contributed by atoms with Gasteiger partial charge in [-0.1, -0.05) is 25.0 Å². The molecule has 9 heteroatoms. The van der Waals surface area contributed by atoms with E-state index in [0.717, 1.165) is 18.4 Å². The number of amides is 2. The van der Waals surface area contributed by atoms with Gasteiger partial charge in [0.25, 0.3) is 0 Å². The van der Waals surface area contributed by atoms with Crippen molar-refractivity contribution in [3.63, 3.8) is 0 Å². The Labute approximate surface area is 183 Å². The first kappa shape index (κ1) is 26.5. The van der Waals surface area contributed by atoms with E-state index in [4.69, 9.17) is 9.94 Å². The molecule has 0 saturated heterocycles. The zero-order valence-corrected chi connectivity index (χ0v) is 18.6. The number of unbranched alkanes of at least 4 members (excludes halogenated alkanes) is 3. The minimum atomic E-state index is -0.981. The van der Waals surface area contributed by atoms with E-state index in [1.54, 1.807) is 17.6 Å². The molecule has 1 rings (SSSR count). The van der Waals surface area contributed by atoms with Crippen molar-refractivity contribution in [2.45, 2.75) is 77.5 Å². The Bertz CT molecular complexity index is 717. The lowest BCUT2D eigenvalue weighted by atomic mass is 10.1. The number of nitrogens with one attached hydrogen (secondary N) is 3. The molecule has 1 atom stereocenters. The van der Waals surface area contributed by atoms with E-state index in [2.05, 4.69) is 10.6 Å². The number of anilines is 1. The van der Waals surface area contributed by atoms with Gasteiger partial charge in [-0.15, -0.1) is 0 Å². The normalized spacial score (nSPS) is 12.3. The first-order valence-corrected chi connectivity index (χ1v) is 10.5. The van der Waals surface area contributed by atoms with Gasteiger partial charge < -0.3 is 15.2 Å². The van der Waals surface area contributed by atoms with Gasteiger partial charge in [0.1, 0.15) is 6.04 Å². The van der Waals surface area contributed by atoms with Gasteiger partial charge in [-0.3, -0.25) is 24.9 Å². The zero-order valence-electron chi connectivity index (χ0n) is 18.6. The molecule has 1 aromatic rings. The standard InChI is InChI=1S/C22H35N3O6/c1-22(2,3)31-15-18(21(28)29)23-14-16-9-8-10-17(13-16)24-19(26)11-6-4-5-7-12-20(27)25-30/h8-10,13,18,23,30H,4-7,11-12,14-15H2,1-3H3,(H,24,26)(H,25,27)(H,28,29)/t18-/m1/s1. The van der Waals surface area contributed by atoms with Gasteiger partial charge in [0.2, 0.25) is 11.8 Å². The summed E-state index contributed by atoms with van der Waals surface area (Å²) in [5.41, 5.74) is 2.68. The maximum Gasteiger partial charge on any atom is 0.323 e. The second-order valence-corrected chi connectivity index (χ2v) is 8.39. The summed E-state index contributed by atoms with van der Waals surface area (Å²) in [6.07, 6.45) is 3.66. The molecule has 31 heavy (non-hydrogen) atoms. The number of aliphatic carboxylic acids is 1. The van der Waals surface area contributed by atoms with Crippen LogP contribution < -0.4 is 16.1 Å². The fourth-order valence-corrected chi connectivity index (χ4v) is 2.76. The Balaban J connectivity index is 2.40. The number of ether oxygens (including phenoxy) is 1. The van der Waals surface area contributed by atoms with Crippen LogP contribution >= 0.6 is 0 Å². The van der Waals surface area contributed by atoms with Crippen molar-refractivity contribution in [1.29, 1.82) is 0 Å². The van der Waals surface area contributed by atoms with Crippen LogP contribution in [0.3, 0.4) is 0 Å². The molecule has 0 unspecified atom stereocenters. The predicted octanol–water partition coefficient (Wildman–Crippen LogP) is 2.83. The molecular weight excluding hydrogens is 402 g/mol. The Morgan fingerprint density at radius 2 is 1.68 bits per heavy atom. The summed E-state index contributed by atoms with van der Waals surface area (Å²) in [6, 6.07) is 6.42. The lowest BCUT2D eigenvalue weighted by Gasteiger charge is -2.23. The molecule has 0 fully saturated rings. The third kappa shape index (κ3) is 12.7. The van der Waals surface area contributed by atoms with Gasteiger partial charge in [0.05, 0.1) is 12.2 Å². The van der Waals surface area contributed by atoms with Crippen molar-refractivity contribution in [3.05, 3.63) is 29.8 Å². The van der Waals surface area contributed by atoms with Crippen LogP contribution in [0.25, 0.3) is 0 Å². The molecule has 9 nitrogen and oxygen atoms in total. The average molecular weight is 438 g/mol. The molecule has 2 amide bonds. The predicted molar refractivity (Wildman–Crippen MR) is 117 cm³/mol. The molecule has 0 aliphatic rings. The number of hydrogen-bond donors (Lipinski definition) is 5. The summed E-state index contributed by atoms with van der Waals surface area (Å²) >= 11 is 0. The number of benzene rings is 1. The minimum absolute atomic E-state index is 0.0555. The zero-order chi connectivity index (χ0) is 23.3. The SMILES string of the molecule is CC(C)(C)OC[C@@H](NCc1cccc(NC(=O)CCCCCCC(=O)NO)c1)C(=O)O. The van der Waals surface area contributed by atoms with Crippen LogP contribution in [0.1, 0.15) is 64.9 Å². The van der Waals surface area contributed by atoms with E-state index in [1.807, 2.05) is 32.9 Å². The molecule has 0 heterocycles. The number of hydroxylamine groups is 1. The Morgan fingerprint density at radius 3 is 2.26 bits per heavy atom. The summed E-state index contributed by atoms with van der Waals surface area (Å²) in [7, 11) is 0. The average Bonchev–Trinajstić information content (AvgIpc) is 2.69. The summed E-state index contributed by atoms with van der Waals surface area (Å²) < 4.78 is 5.57. The number of carboxylic acid groups (broad SMARTS) is 1.